The molecule has 2 aromatic rings. The van der Waals surface area contributed by atoms with Crippen molar-refractivity contribution in [3.05, 3.63) is 41.8 Å². The predicted octanol–water partition coefficient (Wildman–Crippen LogP) is 2.10. The Morgan fingerprint density at radius 1 is 1.21 bits per heavy atom. The van der Waals surface area contributed by atoms with Crippen LogP contribution in [0.25, 0.3) is 0 Å². The topological polar surface area (TPSA) is 59.2 Å². The van der Waals surface area contributed by atoms with Gasteiger partial charge in [-0.25, -0.2) is 0 Å². The zero-order chi connectivity index (χ0) is 13.1. The molecule has 5 nitrogen and oxygen atoms in total. The smallest absolute Gasteiger partial charge is 0.266 e. The molecule has 1 aromatic carbocycles. The molecule has 1 fully saturated rings. The predicted molar refractivity (Wildman–Crippen MR) is 70.2 cm³/mol. The minimum absolute atomic E-state index is 0.00257. The van der Waals surface area contributed by atoms with Crippen LogP contribution in [0.5, 0.6) is 0 Å². The summed E-state index contributed by atoms with van der Waals surface area (Å²) in [6, 6.07) is 9.16. The van der Waals surface area contributed by atoms with Gasteiger partial charge in [-0.05, 0) is 18.0 Å². The molecule has 2 heterocycles. The lowest BCUT2D eigenvalue weighted by molar-refractivity contribution is 0.0983. The van der Waals surface area contributed by atoms with Gasteiger partial charge in [-0.15, -0.1) is 0 Å². The van der Waals surface area contributed by atoms with E-state index in [1.165, 1.54) is 0 Å². The van der Waals surface area contributed by atoms with Crippen LogP contribution in [-0.4, -0.2) is 29.0 Å². The zero-order valence-electron chi connectivity index (χ0n) is 10.6. The molecule has 1 saturated heterocycles. The summed E-state index contributed by atoms with van der Waals surface area (Å²) in [5, 5.41) is 3.93. The van der Waals surface area contributed by atoms with Gasteiger partial charge in [0.05, 0.1) is 6.42 Å². The fourth-order valence-electron chi connectivity index (χ4n) is 2.23. The maximum Gasteiger partial charge on any atom is 0.266 e. The monoisotopic (exact) mass is 257 g/mol. The van der Waals surface area contributed by atoms with Crippen LogP contribution in [0, 0.1) is 0 Å². The molecule has 0 radical (unpaired) electrons. The number of benzene rings is 1. The molecule has 0 spiro atoms. The number of hydrogen-bond acceptors (Lipinski definition) is 5. The van der Waals surface area contributed by atoms with Gasteiger partial charge in [0.1, 0.15) is 0 Å². The van der Waals surface area contributed by atoms with E-state index in [1.54, 1.807) is 12.1 Å². The first-order chi connectivity index (χ1) is 9.33. The van der Waals surface area contributed by atoms with Crippen LogP contribution in [0.4, 0.5) is 5.95 Å². The van der Waals surface area contributed by atoms with E-state index in [4.69, 9.17) is 4.52 Å². The van der Waals surface area contributed by atoms with Crippen LogP contribution in [0.3, 0.4) is 0 Å². The van der Waals surface area contributed by atoms with E-state index >= 15 is 0 Å². The van der Waals surface area contributed by atoms with Gasteiger partial charge in [0.15, 0.2) is 5.78 Å². The number of carbonyl (C=O) groups is 1. The highest BCUT2D eigenvalue weighted by Gasteiger charge is 2.19. The number of aromatic nitrogens is 2. The fraction of sp³-hybridized carbons (Fsp3) is 0.357. The van der Waals surface area contributed by atoms with Gasteiger partial charge in [-0.2, -0.15) is 4.98 Å². The van der Waals surface area contributed by atoms with Crippen molar-refractivity contribution in [1.82, 2.24) is 10.1 Å². The van der Waals surface area contributed by atoms with Gasteiger partial charge in [0, 0.05) is 18.7 Å². The molecule has 1 aliphatic rings. The molecule has 0 amide bonds. The molecule has 1 aromatic heterocycles. The summed E-state index contributed by atoms with van der Waals surface area (Å²) < 4.78 is 5.15. The minimum Gasteiger partial charge on any atom is -0.338 e. The number of hydrogen-bond donors (Lipinski definition) is 0. The standard InChI is InChI=1S/C14H15N3O2/c18-12(11-6-2-1-3-7-11)10-13-15-14(16-19-13)17-8-4-5-9-17/h1-3,6-7H,4-5,8-10H2. The lowest BCUT2D eigenvalue weighted by Gasteiger charge is -2.09. The zero-order valence-corrected chi connectivity index (χ0v) is 10.6. The number of anilines is 1. The highest BCUT2D eigenvalue weighted by atomic mass is 16.5. The Kier molecular flexibility index (Phi) is 3.27. The van der Waals surface area contributed by atoms with Gasteiger partial charge >= 0.3 is 0 Å². The van der Waals surface area contributed by atoms with Crippen LogP contribution in [0.15, 0.2) is 34.9 Å². The quantitative estimate of drug-likeness (QED) is 0.785. The van der Waals surface area contributed by atoms with Gasteiger partial charge in [0.2, 0.25) is 5.89 Å². The summed E-state index contributed by atoms with van der Waals surface area (Å²) in [6.45, 7) is 1.93. The van der Waals surface area contributed by atoms with Crippen molar-refractivity contribution < 1.29 is 9.32 Å². The van der Waals surface area contributed by atoms with Gasteiger partial charge in [0.25, 0.3) is 5.95 Å². The summed E-state index contributed by atoms with van der Waals surface area (Å²) in [6.07, 6.45) is 2.48. The molecule has 0 unspecified atom stereocenters. The van der Waals surface area contributed by atoms with Gasteiger partial charge in [-0.3, -0.25) is 4.79 Å². The van der Waals surface area contributed by atoms with Gasteiger partial charge < -0.3 is 9.42 Å². The average Bonchev–Trinajstić information content (AvgIpc) is 3.10. The Hall–Kier alpha value is -2.17. The highest BCUT2D eigenvalue weighted by molar-refractivity contribution is 5.96. The first-order valence-electron chi connectivity index (χ1n) is 6.49. The first kappa shape index (κ1) is 11.9. The van der Waals surface area contributed by atoms with Crippen LogP contribution in [0.1, 0.15) is 29.1 Å². The van der Waals surface area contributed by atoms with Crippen LogP contribution in [0.2, 0.25) is 0 Å². The Labute approximate surface area is 111 Å². The van der Waals surface area contributed by atoms with E-state index in [2.05, 4.69) is 15.0 Å². The average molecular weight is 257 g/mol. The molecule has 0 atom stereocenters. The number of nitrogens with zero attached hydrogens (tertiary/aromatic N) is 3. The van der Waals surface area contributed by atoms with Crippen molar-refractivity contribution >= 4 is 11.7 Å². The molecule has 0 aliphatic carbocycles. The molecular formula is C14H15N3O2. The molecule has 98 valence electrons. The maximum atomic E-state index is 12.0. The number of carbonyl (C=O) groups excluding carboxylic acids is 1. The number of ketones is 1. The molecular weight excluding hydrogens is 242 g/mol. The molecule has 19 heavy (non-hydrogen) atoms. The van der Waals surface area contributed by atoms with E-state index in [1.807, 2.05) is 18.2 Å². The second-order valence-corrected chi connectivity index (χ2v) is 4.65. The first-order valence-corrected chi connectivity index (χ1v) is 6.49. The van der Waals surface area contributed by atoms with E-state index in [-0.39, 0.29) is 12.2 Å². The van der Waals surface area contributed by atoms with Crippen molar-refractivity contribution in [3.8, 4) is 0 Å². The number of rotatable bonds is 4. The lowest BCUT2D eigenvalue weighted by atomic mass is 10.1. The third-order valence-electron chi connectivity index (χ3n) is 3.25. The summed E-state index contributed by atoms with van der Waals surface area (Å²) in [7, 11) is 0. The normalized spacial score (nSPS) is 14.8. The van der Waals surface area contributed by atoms with Crippen molar-refractivity contribution in [2.24, 2.45) is 0 Å². The van der Waals surface area contributed by atoms with Crippen LogP contribution in [-0.2, 0) is 6.42 Å². The van der Waals surface area contributed by atoms with Gasteiger partial charge in [-0.1, -0.05) is 30.3 Å². The Morgan fingerprint density at radius 2 is 1.95 bits per heavy atom. The van der Waals surface area contributed by atoms with Crippen molar-refractivity contribution in [1.29, 1.82) is 0 Å². The highest BCUT2D eigenvalue weighted by Crippen LogP contribution is 2.17. The molecule has 0 saturated carbocycles. The fourth-order valence-corrected chi connectivity index (χ4v) is 2.23. The number of Topliss-reactive ketones (excluding diaryl/α,β-unsaturated/α-hetero) is 1. The van der Waals surface area contributed by atoms with Crippen molar-refractivity contribution in [2.45, 2.75) is 19.3 Å². The van der Waals surface area contributed by atoms with E-state index in [0.29, 0.717) is 17.4 Å². The Bertz CT molecular complexity index is 559. The van der Waals surface area contributed by atoms with E-state index < -0.39 is 0 Å². The van der Waals surface area contributed by atoms with E-state index in [9.17, 15) is 4.79 Å². The molecule has 5 heteroatoms. The van der Waals surface area contributed by atoms with Crippen molar-refractivity contribution in [2.75, 3.05) is 18.0 Å². The third-order valence-corrected chi connectivity index (χ3v) is 3.25. The summed E-state index contributed by atoms with van der Waals surface area (Å²) in [5.74, 6) is 0.987. The van der Waals surface area contributed by atoms with Crippen molar-refractivity contribution in [3.63, 3.8) is 0 Å². The third kappa shape index (κ3) is 2.65. The van der Waals surface area contributed by atoms with Crippen LogP contribution >= 0.6 is 0 Å². The minimum atomic E-state index is -0.00257. The molecule has 0 bridgehead atoms. The second-order valence-electron chi connectivity index (χ2n) is 4.65. The molecule has 1 aliphatic heterocycles. The molecule has 0 N–H and O–H groups in total. The Morgan fingerprint density at radius 3 is 2.68 bits per heavy atom. The summed E-state index contributed by atoms with van der Waals surface area (Å²) in [5.41, 5.74) is 0.670. The second kappa shape index (κ2) is 5.22. The van der Waals surface area contributed by atoms with E-state index in [0.717, 1.165) is 25.9 Å². The largest absolute Gasteiger partial charge is 0.338 e. The summed E-state index contributed by atoms with van der Waals surface area (Å²) in [4.78, 5) is 18.4. The maximum absolute atomic E-state index is 12.0. The molecule has 3 rings (SSSR count). The summed E-state index contributed by atoms with van der Waals surface area (Å²) >= 11 is 0. The van der Waals surface area contributed by atoms with Crippen LogP contribution < -0.4 is 4.90 Å². The lowest BCUT2D eigenvalue weighted by Crippen LogP contribution is -2.19. The SMILES string of the molecule is O=C(Cc1nc(N2CCCC2)no1)c1ccccc1. The Balaban J connectivity index is 1.68.